The summed E-state index contributed by atoms with van der Waals surface area (Å²) >= 11 is 0.943. The smallest absolute Gasteiger partial charge is 0.370 e. The molecule has 2 heterocycles. The number of thiophene rings is 1. The fourth-order valence-corrected chi connectivity index (χ4v) is 5.23. The first-order valence-corrected chi connectivity index (χ1v) is 11.4. The van der Waals surface area contributed by atoms with Crippen LogP contribution in [0.1, 0.15) is 12.8 Å². The number of rotatable bonds is 9. The number of aliphatic carboxylic acids is 1. The number of carbonyl (C=O) groups excluding carboxylic acids is 1. The van der Waals surface area contributed by atoms with E-state index in [1.165, 1.54) is 12.1 Å². The quantitative estimate of drug-likeness (QED) is 0.251. The summed E-state index contributed by atoms with van der Waals surface area (Å²) in [7, 11) is -4.08. The molecule has 0 aromatic carbocycles. The van der Waals surface area contributed by atoms with Crippen LogP contribution in [0.25, 0.3) is 0 Å². The van der Waals surface area contributed by atoms with Gasteiger partial charge in [-0.1, -0.05) is 6.07 Å². The number of aliphatic hydroxyl groups excluding tert-OH is 3. The highest BCUT2D eigenvalue weighted by Gasteiger charge is 2.46. The summed E-state index contributed by atoms with van der Waals surface area (Å²) in [4.78, 5) is 23.9. The van der Waals surface area contributed by atoms with Crippen LogP contribution in [0.15, 0.2) is 33.6 Å². The third kappa shape index (κ3) is 4.99. The maximum Gasteiger partial charge on any atom is 0.370 e. The van der Waals surface area contributed by atoms with E-state index >= 15 is 0 Å². The highest BCUT2D eigenvalue weighted by molar-refractivity contribution is 7.91. The van der Waals surface area contributed by atoms with Gasteiger partial charge in [0.2, 0.25) is 11.7 Å². The van der Waals surface area contributed by atoms with E-state index in [4.69, 9.17) is 9.84 Å². The number of nitrogens with one attached hydrogen (secondary N) is 2. The monoisotopic (exact) mass is 462 g/mol. The Balaban J connectivity index is 1.97. The van der Waals surface area contributed by atoms with E-state index in [9.17, 15) is 33.3 Å². The predicted molar refractivity (Wildman–Crippen MR) is 103 cm³/mol. The third-order valence-corrected chi connectivity index (χ3v) is 7.63. The Kier molecular flexibility index (Phi) is 6.79. The lowest BCUT2D eigenvalue weighted by Crippen LogP contribution is -2.63. The van der Waals surface area contributed by atoms with Crippen LogP contribution in [-0.2, 0) is 24.3 Å². The molecule has 1 fully saturated rings. The van der Waals surface area contributed by atoms with Crippen LogP contribution in [0.3, 0.4) is 0 Å². The fourth-order valence-electron chi connectivity index (χ4n) is 3.02. The number of aliphatic hydroxyl groups is 3. The zero-order chi connectivity index (χ0) is 22.1. The SMILES string of the molecule is O=C(O)C1=C[C@H](NS(=O)(=O)c2cccs2)[C@@H](NC(=O)C2CC2)[C@H]([C@H](O)C(O)CO)O1. The number of carboxylic acids is 1. The minimum Gasteiger partial charge on any atom is -0.478 e. The summed E-state index contributed by atoms with van der Waals surface area (Å²) in [6.07, 6.45) is -2.78. The summed E-state index contributed by atoms with van der Waals surface area (Å²) in [5.74, 6) is -2.88. The molecule has 11 nitrogen and oxygen atoms in total. The van der Waals surface area contributed by atoms with Gasteiger partial charge in [-0.3, -0.25) is 4.79 Å². The second-order valence-electron chi connectivity index (χ2n) is 7.05. The Bertz CT molecular complexity index is 912. The molecule has 2 aliphatic rings. The third-order valence-electron chi connectivity index (χ3n) is 4.77. The van der Waals surface area contributed by atoms with Crippen LogP contribution in [0, 0.1) is 5.92 Å². The normalized spacial score (nSPS) is 26.2. The Morgan fingerprint density at radius 2 is 2.00 bits per heavy atom. The molecule has 1 aromatic heterocycles. The maximum atomic E-state index is 12.7. The molecule has 1 aromatic rings. The summed E-state index contributed by atoms with van der Waals surface area (Å²) < 4.78 is 33.0. The van der Waals surface area contributed by atoms with Crippen molar-refractivity contribution >= 4 is 33.2 Å². The van der Waals surface area contributed by atoms with Gasteiger partial charge < -0.3 is 30.5 Å². The van der Waals surface area contributed by atoms with E-state index < -0.39 is 64.7 Å². The number of carboxylic acid groups (broad SMARTS) is 1. The Morgan fingerprint density at radius 3 is 2.53 bits per heavy atom. The lowest BCUT2D eigenvalue weighted by molar-refractivity contribution is -0.146. The molecular weight excluding hydrogens is 440 g/mol. The standard InChI is InChI=1S/C17H22N2O9S2/c20-7-10(21)14(22)15-13(18-16(23)8-3-4-8)9(6-11(28-15)17(24)25)19-30(26,27)12-2-1-5-29-12/h1-2,5-6,8-10,13-15,19-22H,3-4,7H2,(H,18,23)(H,24,25)/t9-,10?,13+,14+,15+/m0/s1. The average Bonchev–Trinajstić information content (AvgIpc) is 3.40. The highest BCUT2D eigenvalue weighted by Crippen LogP contribution is 2.31. The molecule has 0 radical (unpaired) electrons. The minimum atomic E-state index is -4.08. The van der Waals surface area contributed by atoms with Gasteiger partial charge in [0.05, 0.1) is 18.7 Å². The number of hydrogen-bond acceptors (Lipinski definition) is 9. The van der Waals surface area contributed by atoms with Crippen LogP contribution >= 0.6 is 11.3 Å². The molecule has 3 rings (SSSR count). The zero-order valence-corrected chi connectivity index (χ0v) is 17.2. The van der Waals surface area contributed by atoms with Gasteiger partial charge in [-0.15, -0.1) is 11.3 Å². The summed E-state index contributed by atoms with van der Waals surface area (Å²) in [5, 5.41) is 42.9. The number of carbonyl (C=O) groups is 2. The van der Waals surface area contributed by atoms with Gasteiger partial charge in [0.25, 0.3) is 10.0 Å². The Hall–Kier alpha value is -2.03. The van der Waals surface area contributed by atoms with Crippen LogP contribution in [0.2, 0.25) is 0 Å². The van der Waals surface area contributed by atoms with Crippen molar-refractivity contribution in [1.82, 2.24) is 10.0 Å². The van der Waals surface area contributed by atoms with Gasteiger partial charge in [-0.05, 0) is 30.4 Å². The molecule has 1 amide bonds. The number of sulfonamides is 1. The summed E-state index contributed by atoms with van der Waals surface area (Å²) in [6.45, 7) is -0.859. The second-order valence-corrected chi connectivity index (χ2v) is 9.94. The van der Waals surface area contributed by atoms with Crippen LogP contribution < -0.4 is 10.0 Å². The molecule has 1 saturated carbocycles. The van der Waals surface area contributed by atoms with E-state index in [0.717, 1.165) is 17.4 Å². The van der Waals surface area contributed by atoms with Gasteiger partial charge in [0.15, 0.2) is 0 Å². The largest absolute Gasteiger partial charge is 0.478 e. The molecule has 166 valence electrons. The minimum absolute atomic E-state index is 0.0287. The average molecular weight is 463 g/mol. The first kappa shape index (κ1) is 22.7. The molecule has 0 spiro atoms. The van der Waals surface area contributed by atoms with Gasteiger partial charge in [0, 0.05) is 5.92 Å². The van der Waals surface area contributed by atoms with Crippen LogP contribution in [-0.4, -0.2) is 77.7 Å². The van der Waals surface area contributed by atoms with Crippen LogP contribution in [0.4, 0.5) is 0 Å². The van der Waals surface area contributed by atoms with Crippen molar-refractivity contribution in [2.75, 3.05) is 6.61 Å². The lowest BCUT2D eigenvalue weighted by atomic mass is 9.92. The first-order valence-electron chi connectivity index (χ1n) is 9.09. The maximum absolute atomic E-state index is 12.7. The van der Waals surface area contributed by atoms with E-state index in [-0.39, 0.29) is 10.1 Å². The number of hydrogen-bond donors (Lipinski definition) is 6. The molecule has 1 aliphatic carbocycles. The van der Waals surface area contributed by atoms with Crippen molar-refractivity contribution in [2.24, 2.45) is 5.92 Å². The van der Waals surface area contributed by atoms with Crippen molar-refractivity contribution in [1.29, 1.82) is 0 Å². The topological polar surface area (TPSA) is 182 Å². The molecule has 0 bridgehead atoms. The van der Waals surface area contributed by atoms with E-state index in [1.54, 1.807) is 5.38 Å². The van der Waals surface area contributed by atoms with Crippen molar-refractivity contribution in [3.63, 3.8) is 0 Å². The summed E-state index contributed by atoms with van der Waals surface area (Å²) in [6, 6.07) is 0.337. The van der Waals surface area contributed by atoms with Crippen molar-refractivity contribution in [3.05, 3.63) is 29.3 Å². The molecule has 5 atom stereocenters. The van der Waals surface area contributed by atoms with Gasteiger partial charge >= 0.3 is 5.97 Å². The molecule has 1 unspecified atom stereocenters. The molecular formula is C17H22N2O9S2. The molecule has 13 heteroatoms. The van der Waals surface area contributed by atoms with E-state index in [1.807, 2.05) is 0 Å². The fraction of sp³-hybridized carbons (Fsp3) is 0.529. The van der Waals surface area contributed by atoms with Crippen molar-refractivity contribution in [3.8, 4) is 0 Å². The van der Waals surface area contributed by atoms with Gasteiger partial charge in [0.1, 0.15) is 22.5 Å². The van der Waals surface area contributed by atoms with Gasteiger partial charge in [-0.2, -0.15) is 0 Å². The van der Waals surface area contributed by atoms with E-state index in [2.05, 4.69) is 10.0 Å². The Morgan fingerprint density at radius 1 is 1.30 bits per heavy atom. The first-order chi connectivity index (χ1) is 14.1. The number of ether oxygens (including phenoxy) is 1. The molecule has 30 heavy (non-hydrogen) atoms. The summed E-state index contributed by atoms with van der Waals surface area (Å²) in [5.41, 5.74) is 0. The number of amides is 1. The van der Waals surface area contributed by atoms with Crippen molar-refractivity contribution in [2.45, 2.75) is 47.4 Å². The molecule has 1 aliphatic heterocycles. The predicted octanol–water partition coefficient (Wildman–Crippen LogP) is -1.63. The zero-order valence-electron chi connectivity index (χ0n) is 15.5. The second kappa shape index (κ2) is 8.99. The highest BCUT2D eigenvalue weighted by atomic mass is 32.2. The Labute approximate surface area is 176 Å². The molecule has 0 saturated heterocycles. The lowest BCUT2D eigenvalue weighted by Gasteiger charge is -2.40. The molecule has 6 N–H and O–H groups in total. The van der Waals surface area contributed by atoms with E-state index in [0.29, 0.717) is 12.8 Å². The van der Waals surface area contributed by atoms with Gasteiger partial charge in [-0.25, -0.2) is 17.9 Å². The van der Waals surface area contributed by atoms with Crippen LogP contribution in [0.5, 0.6) is 0 Å². The van der Waals surface area contributed by atoms with Crippen molar-refractivity contribution < 1.29 is 43.2 Å².